The van der Waals surface area contributed by atoms with Gasteiger partial charge in [-0.3, -0.25) is 0 Å². The maximum atomic E-state index is 12.7. The highest BCUT2D eigenvalue weighted by atomic mass is 19.4. The summed E-state index contributed by atoms with van der Waals surface area (Å²) in [6, 6.07) is -1.55. The molecule has 0 aliphatic heterocycles. The van der Waals surface area contributed by atoms with Crippen LogP contribution in [0.5, 0.6) is 0 Å². The first-order chi connectivity index (χ1) is 10.5. The van der Waals surface area contributed by atoms with E-state index in [0.717, 1.165) is 6.08 Å². The Morgan fingerprint density at radius 2 is 1.54 bits per heavy atom. The number of hydrazine groups is 1. The van der Waals surface area contributed by atoms with Crippen molar-refractivity contribution in [2.45, 2.75) is 71.4 Å². The van der Waals surface area contributed by atoms with Gasteiger partial charge in [-0.1, -0.05) is 6.08 Å². The van der Waals surface area contributed by atoms with Crippen molar-refractivity contribution >= 4 is 12.2 Å². The summed E-state index contributed by atoms with van der Waals surface area (Å²) in [6.07, 6.45) is -7.31. The van der Waals surface area contributed by atoms with Crippen LogP contribution in [0.1, 0.15) is 48.0 Å². The van der Waals surface area contributed by atoms with Gasteiger partial charge < -0.3 is 9.47 Å². The van der Waals surface area contributed by atoms with Gasteiger partial charge in [0.1, 0.15) is 11.2 Å². The molecular weight excluding hydrogens is 329 g/mol. The minimum absolute atomic E-state index is 0.430. The summed E-state index contributed by atoms with van der Waals surface area (Å²) in [5, 5.41) is 0.430. The van der Waals surface area contributed by atoms with E-state index in [9.17, 15) is 22.8 Å². The van der Waals surface area contributed by atoms with E-state index in [1.807, 2.05) is 5.43 Å². The largest absolute Gasteiger partial charge is 0.443 e. The summed E-state index contributed by atoms with van der Waals surface area (Å²) >= 11 is 0. The van der Waals surface area contributed by atoms with Crippen LogP contribution in [0.4, 0.5) is 22.8 Å². The lowest BCUT2D eigenvalue weighted by Gasteiger charge is -2.33. The fourth-order valence-electron chi connectivity index (χ4n) is 1.49. The average Bonchev–Trinajstić information content (AvgIpc) is 2.27. The molecule has 0 aromatic rings. The molecule has 0 aliphatic carbocycles. The van der Waals surface area contributed by atoms with E-state index in [0.29, 0.717) is 5.01 Å². The molecule has 2 amide bonds. The van der Waals surface area contributed by atoms with Gasteiger partial charge in [0.15, 0.2) is 0 Å². The summed E-state index contributed by atoms with van der Waals surface area (Å²) in [6.45, 7) is 12.6. The Bertz CT molecular complexity index is 465. The zero-order valence-electron chi connectivity index (χ0n) is 14.8. The Labute approximate surface area is 139 Å². The first-order valence-electron chi connectivity index (χ1n) is 7.25. The molecule has 6 nitrogen and oxygen atoms in total. The van der Waals surface area contributed by atoms with Crippen molar-refractivity contribution < 1.29 is 32.2 Å². The quantitative estimate of drug-likeness (QED) is 0.610. The Kier molecular flexibility index (Phi) is 7.14. The minimum atomic E-state index is -4.57. The zero-order chi connectivity index (χ0) is 19.3. The third-order valence-electron chi connectivity index (χ3n) is 2.25. The molecule has 0 spiro atoms. The van der Waals surface area contributed by atoms with Crippen LogP contribution in [0.25, 0.3) is 0 Å². The maximum Gasteiger partial charge on any atom is 0.429 e. The molecule has 0 saturated heterocycles. The second kappa shape index (κ2) is 7.76. The zero-order valence-corrected chi connectivity index (χ0v) is 14.8. The number of carbonyl (C=O) groups is 2. The average molecular weight is 354 g/mol. The second-order valence-electron chi connectivity index (χ2n) is 7.09. The molecular formula is C15H25F3N2O4. The van der Waals surface area contributed by atoms with Gasteiger partial charge in [0, 0.05) is 0 Å². The van der Waals surface area contributed by atoms with Gasteiger partial charge >= 0.3 is 18.4 Å². The van der Waals surface area contributed by atoms with Gasteiger partial charge in [-0.15, -0.1) is 6.58 Å². The highest BCUT2D eigenvalue weighted by Crippen LogP contribution is 2.25. The van der Waals surface area contributed by atoms with Gasteiger partial charge in [-0.25, -0.2) is 20.0 Å². The molecule has 0 aromatic heterocycles. The number of carbonyl (C=O) groups excluding carboxylic acids is 2. The molecule has 0 fully saturated rings. The normalized spacial score (nSPS) is 13.7. The first-order valence-corrected chi connectivity index (χ1v) is 7.25. The van der Waals surface area contributed by atoms with Crippen molar-refractivity contribution in [3.8, 4) is 0 Å². The summed E-state index contributed by atoms with van der Waals surface area (Å²) in [7, 11) is 0. The van der Waals surface area contributed by atoms with Crippen molar-refractivity contribution in [2.24, 2.45) is 0 Å². The third-order valence-corrected chi connectivity index (χ3v) is 2.25. The molecule has 0 bridgehead atoms. The van der Waals surface area contributed by atoms with E-state index in [1.165, 1.54) is 0 Å². The summed E-state index contributed by atoms with van der Waals surface area (Å²) < 4.78 is 48.1. The van der Waals surface area contributed by atoms with Crippen LogP contribution in [0.15, 0.2) is 12.7 Å². The van der Waals surface area contributed by atoms with Gasteiger partial charge in [0.05, 0.1) is 12.5 Å². The topological polar surface area (TPSA) is 67.9 Å². The van der Waals surface area contributed by atoms with Gasteiger partial charge in [-0.05, 0) is 41.5 Å². The predicted molar refractivity (Wildman–Crippen MR) is 82.1 cm³/mol. The predicted octanol–water partition coefficient (Wildman–Crippen LogP) is 4.17. The summed E-state index contributed by atoms with van der Waals surface area (Å²) in [4.78, 5) is 24.0. The molecule has 9 heteroatoms. The van der Waals surface area contributed by atoms with Gasteiger partial charge in [-0.2, -0.15) is 13.2 Å². The van der Waals surface area contributed by atoms with Crippen molar-refractivity contribution in [3.05, 3.63) is 12.7 Å². The number of nitrogens with zero attached hydrogens (tertiary/aromatic N) is 1. The number of nitrogens with one attached hydrogen (secondary N) is 1. The Morgan fingerprint density at radius 3 is 1.88 bits per heavy atom. The number of alkyl halides is 3. The maximum absolute atomic E-state index is 12.7. The van der Waals surface area contributed by atoms with Crippen LogP contribution in [-0.2, 0) is 9.47 Å². The molecule has 0 heterocycles. The number of ether oxygens (including phenoxy) is 2. The van der Waals surface area contributed by atoms with Gasteiger partial charge in [0.25, 0.3) is 0 Å². The Balaban J connectivity index is 5.38. The molecule has 1 atom stereocenters. The van der Waals surface area contributed by atoms with E-state index in [-0.39, 0.29) is 0 Å². The Morgan fingerprint density at radius 1 is 1.08 bits per heavy atom. The standard InChI is InChI=1S/C15H25F3N2O4/c1-8-10(9-15(16,17)18)20(12(22)24-14(5,6)7)19-11(21)23-13(2,3)4/h8,10H,1,9H2,2-7H3,(H,19,21)/t10-/m1/s1. The fraction of sp³-hybridized carbons (Fsp3) is 0.733. The van der Waals surface area contributed by atoms with E-state index in [1.54, 1.807) is 41.5 Å². The molecule has 24 heavy (non-hydrogen) atoms. The van der Waals surface area contributed by atoms with E-state index < -0.39 is 42.0 Å². The van der Waals surface area contributed by atoms with Gasteiger partial charge in [0.2, 0.25) is 0 Å². The van der Waals surface area contributed by atoms with E-state index in [4.69, 9.17) is 9.47 Å². The number of rotatable bonds is 3. The minimum Gasteiger partial charge on any atom is -0.443 e. The number of amides is 2. The SMILES string of the molecule is C=C[C@H](CC(F)(F)F)N(NC(=O)OC(C)(C)C)C(=O)OC(C)(C)C. The highest BCUT2D eigenvalue weighted by molar-refractivity contribution is 5.75. The van der Waals surface area contributed by atoms with E-state index in [2.05, 4.69) is 6.58 Å². The highest BCUT2D eigenvalue weighted by Gasteiger charge is 2.38. The van der Waals surface area contributed by atoms with Crippen LogP contribution in [-0.4, -0.2) is 40.6 Å². The summed E-state index contributed by atoms with van der Waals surface area (Å²) in [5.74, 6) is 0. The lowest BCUT2D eigenvalue weighted by molar-refractivity contribution is -0.145. The van der Waals surface area contributed by atoms with Crippen molar-refractivity contribution in [2.75, 3.05) is 0 Å². The number of hydrogen-bond donors (Lipinski definition) is 1. The number of hydrogen-bond acceptors (Lipinski definition) is 4. The van der Waals surface area contributed by atoms with Crippen molar-refractivity contribution in [3.63, 3.8) is 0 Å². The van der Waals surface area contributed by atoms with Crippen LogP contribution >= 0.6 is 0 Å². The molecule has 0 aromatic carbocycles. The van der Waals surface area contributed by atoms with Crippen LogP contribution in [0, 0.1) is 0 Å². The van der Waals surface area contributed by atoms with Crippen LogP contribution in [0.2, 0.25) is 0 Å². The lowest BCUT2D eigenvalue weighted by atomic mass is 10.2. The molecule has 1 N–H and O–H groups in total. The monoisotopic (exact) mass is 354 g/mol. The third kappa shape index (κ3) is 9.96. The number of halogens is 3. The van der Waals surface area contributed by atoms with Crippen LogP contribution in [0.3, 0.4) is 0 Å². The Hall–Kier alpha value is -1.93. The smallest absolute Gasteiger partial charge is 0.429 e. The van der Waals surface area contributed by atoms with Crippen molar-refractivity contribution in [1.82, 2.24) is 10.4 Å². The van der Waals surface area contributed by atoms with Crippen LogP contribution < -0.4 is 5.43 Å². The lowest BCUT2D eigenvalue weighted by Crippen LogP contribution is -2.54. The second-order valence-corrected chi connectivity index (χ2v) is 7.09. The molecule has 0 radical (unpaired) electrons. The molecule has 0 unspecified atom stereocenters. The van der Waals surface area contributed by atoms with Crippen molar-refractivity contribution in [1.29, 1.82) is 0 Å². The fourth-order valence-corrected chi connectivity index (χ4v) is 1.49. The molecule has 0 rings (SSSR count). The van der Waals surface area contributed by atoms with E-state index >= 15 is 0 Å². The molecule has 0 aliphatic rings. The molecule has 0 saturated carbocycles. The molecule has 140 valence electrons. The summed E-state index contributed by atoms with van der Waals surface area (Å²) in [5.41, 5.74) is 0.141. The first kappa shape index (κ1) is 22.1.